The van der Waals surface area contributed by atoms with Gasteiger partial charge in [0.2, 0.25) is 0 Å². The van der Waals surface area contributed by atoms with E-state index in [-0.39, 0.29) is 0 Å². The Morgan fingerprint density at radius 3 is 2.71 bits per heavy atom. The normalized spacial score (nSPS) is 9.93. The molecule has 0 atom stereocenters. The first kappa shape index (κ1) is 9.18. The molecule has 0 bridgehead atoms. The molecule has 0 spiro atoms. The van der Waals surface area contributed by atoms with E-state index in [0.717, 1.165) is 5.75 Å². The molecule has 0 heterocycles. The van der Waals surface area contributed by atoms with Crippen molar-refractivity contribution in [2.45, 2.75) is 4.90 Å². The molecular formula is C13H10S. The third kappa shape index (κ3) is 1.76. The summed E-state index contributed by atoms with van der Waals surface area (Å²) in [5, 5.41) is 2.56. The van der Waals surface area contributed by atoms with Crippen LogP contribution in [-0.2, 0) is 0 Å². The van der Waals surface area contributed by atoms with Crippen molar-refractivity contribution >= 4 is 22.5 Å². The first-order valence-electron chi connectivity index (χ1n) is 4.46. The summed E-state index contributed by atoms with van der Waals surface area (Å²) in [6, 6.07) is 14.7. The predicted molar refractivity (Wildman–Crippen MR) is 63.5 cm³/mol. The van der Waals surface area contributed by atoms with Crippen LogP contribution in [0.2, 0.25) is 0 Å². The molecule has 0 nitrogen and oxygen atoms in total. The van der Waals surface area contributed by atoms with E-state index in [1.54, 1.807) is 11.8 Å². The monoisotopic (exact) mass is 198 g/mol. The van der Waals surface area contributed by atoms with Gasteiger partial charge in [-0.15, -0.1) is 18.2 Å². The summed E-state index contributed by atoms with van der Waals surface area (Å²) >= 11 is 1.71. The number of hydrogen-bond donors (Lipinski definition) is 0. The van der Waals surface area contributed by atoms with Gasteiger partial charge in [0, 0.05) is 4.90 Å². The molecule has 0 aliphatic heterocycles. The Hall–Kier alpha value is -1.39. The highest BCUT2D eigenvalue weighted by molar-refractivity contribution is 7.99. The van der Waals surface area contributed by atoms with E-state index in [9.17, 15) is 0 Å². The Morgan fingerprint density at radius 2 is 1.86 bits per heavy atom. The van der Waals surface area contributed by atoms with Gasteiger partial charge in [-0.25, -0.2) is 0 Å². The minimum absolute atomic E-state index is 0.730. The Kier molecular flexibility index (Phi) is 2.76. The largest absolute Gasteiger partial charge is 0.119 e. The van der Waals surface area contributed by atoms with Crippen molar-refractivity contribution in [2.24, 2.45) is 0 Å². The van der Waals surface area contributed by atoms with Gasteiger partial charge in [-0.1, -0.05) is 42.3 Å². The van der Waals surface area contributed by atoms with Crippen molar-refractivity contribution in [3.05, 3.63) is 42.5 Å². The number of rotatable bonds is 2. The van der Waals surface area contributed by atoms with Gasteiger partial charge in [0.15, 0.2) is 0 Å². The van der Waals surface area contributed by atoms with Gasteiger partial charge in [0.1, 0.15) is 0 Å². The topological polar surface area (TPSA) is 0 Å². The van der Waals surface area contributed by atoms with Crippen molar-refractivity contribution in [3.63, 3.8) is 0 Å². The maximum absolute atomic E-state index is 5.25. The van der Waals surface area contributed by atoms with Crippen molar-refractivity contribution < 1.29 is 0 Å². The van der Waals surface area contributed by atoms with Crippen molar-refractivity contribution in [2.75, 3.05) is 5.75 Å². The van der Waals surface area contributed by atoms with Gasteiger partial charge in [-0.05, 0) is 16.8 Å². The van der Waals surface area contributed by atoms with Gasteiger partial charge in [0.05, 0.1) is 5.75 Å². The maximum atomic E-state index is 5.25. The highest BCUT2D eigenvalue weighted by Gasteiger charge is 1.98. The van der Waals surface area contributed by atoms with Gasteiger partial charge >= 0.3 is 0 Å². The fraction of sp³-hybridized carbons (Fsp3) is 0.0769. The second kappa shape index (κ2) is 4.21. The second-order valence-corrected chi connectivity index (χ2v) is 3.99. The highest BCUT2D eigenvalue weighted by Crippen LogP contribution is 2.27. The summed E-state index contributed by atoms with van der Waals surface area (Å²) in [7, 11) is 0. The number of benzene rings is 2. The smallest absolute Gasteiger partial charge is 0.0592 e. The molecule has 2 aromatic rings. The molecule has 0 N–H and O–H groups in total. The Labute approximate surface area is 88.3 Å². The van der Waals surface area contributed by atoms with Crippen LogP contribution in [0, 0.1) is 12.3 Å². The first-order chi connectivity index (χ1) is 6.92. The second-order valence-electron chi connectivity index (χ2n) is 2.97. The zero-order chi connectivity index (χ0) is 9.80. The lowest BCUT2D eigenvalue weighted by Crippen LogP contribution is -1.78. The van der Waals surface area contributed by atoms with Crippen LogP contribution >= 0.6 is 11.8 Å². The number of hydrogen-bond acceptors (Lipinski definition) is 1. The Balaban J connectivity index is 2.49. The number of fused-ring (bicyclic) bond motifs is 1. The standard InChI is InChI=1S/C13H10S/c1-2-10-14-13-9-5-7-11-6-3-4-8-12(11)13/h1,3-9H,10H2. The van der Waals surface area contributed by atoms with Crippen LogP contribution in [0.4, 0.5) is 0 Å². The average Bonchev–Trinajstić information content (AvgIpc) is 2.26. The van der Waals surface area contributed by atoms with Crippen molar-refractivity contribution in [1.82, 2.24) is 0 Å². The lowest BCUT2D eigenvalue weighted by molar-refractivity contribution is 1.54. The molecule has 0 saturated carbocycles. The summed E-state index contributed by atoms with van der Waals surface area (Å²) in [6.07, 6.45) is 5.25. The molecule has 0 aromatic heterocycles. The molecule has 2 aromatic carbocycles. The summed E-state index contributed by atoms with van der Waals surface area (Å²) in [5.41, 5.74) is 0. The third-order valence-electron chi connectivity index (χ3n) is 2.06. The molecular weight excluding hydrogens is 188 g/mol. The molecule has 0 amide bonds. The van der Waals surface area contributed by atoms with Gasteiger partial charge < -0.3 is 0 Å². The molecule has 0 saturated heterocycles. The maximum Gasteiger partial charge on any atom is 0.0592 e. The van der Waals surface area contributed by atoms with E-state index >= 15 is 0 Å². The zero-order valence-electron chi connectivity index (χ0n) is 7.73. The molecule has 0 aliphatic rings. The minimum Gasteiger partial charge on any atom is -0.119 e. The highest BCUT2D eigenvalue weighted by atomic mass is 32.2. The van der Waals surface area contributed by atoms with E-state index in [4.69, 9.17) is 6.42 Å². The van der Waals surface area contributed by atoms with E-state index in [1.165, 1.54) is 15.7 Å². The molecule has 14 heavy (non-hydrogen) atoms. The van der Waals surface area contributed by atoms with E-state index in [2.05, 4.69) is 48.4 Å². The quantitative estimate of drug-likeness (QED) is 0.525. The lowest BCUT2D eigenvalue weighted by atomic mass is 10.1. The SMILES string of the molecule is C#CCSc1cccc2ccccc12. The summed E-state index contributed by atoms with van der Waals surface area (Å²) < 4.78 is 0. The van der Waals surface area contributed by atoms with Crippen LogP contribution in [0.15, 0.2) is 47.4 Å². The summed E-state index contributed by atoms with van der Waals surface area (Å²) in [6.45, 7) is 0. The van der Waals surface area contributed by atoms with E-state index in [0.29, 0.717) is 0 Å². The molecule has 2 rings (SSSR count). The van der Waals surface area contributed by atoms with Crippen LogP contribution in [0.25, 0.3) is 10.8 Å². The van der Waals surface area contributed by atoms with Crippen molar-refractivity contribution in [1.29, 1.82) is 0 Å². The van der Waals surface area contributed by atoms with Gasteiger partial charge in [-0.2, -0.15) is 0 Å². The average molecular weight is 198 g/mol. The Morgan fingerprint density at radius 1 is 1.07 bits per heavy atom. The zero-order valence-corrected chi connectivity index (χ0v) is 8.55. The fourth-order valence-electron chi connectivity index (χ4n) is 1.44. The fourth-order valence-corrected chi connectivity index (χ4v) is 2.20. The van der Waals surface area contributed by atoms with Crippen LogP contribution in [0.5, 0.6) is 0 Å². The van der Waals surface area contributed by atoms with Gasteiger partial charge in [-0.3, -0.25) is 0 Å². The van der Waals surface area contributed by atoms with E-state index in [1.807, 2.05) is 0 Å². The summed E-state index contributed by atoms with van der Waals surface area (Å²) in [4.78, 5) is 1.26. The third-order valence-corrected chi connectivity index (χ3v) is 3.04. The molecule has 0 unspecified atom stereocenters. The predicted octanol–water partition coefficient (Wildman–Crippen LogP) is 3.57. The van der Waals surface area contributed by atoms with Crippen LogP contribution in [0.1, 0.15) is 0 Å². The van der Waals surface area contributed by atoms with Crippen LogP contribution in [0.3, 0.4) is 0 Å². The molecule has 0 aliphatic carbocycles. The lowest BCUT2D eigenvalue weighted by Gasteiger charge is -2.03. The summed E-state index contributed by atoms with van der Waals surface area (Å²) in [5.74, 6) is 3.37. The first-order valence-corrected chi connectivity index (χ1v) is 5.44. The number of thioether (sulfide) groups is 1. The number of terminal acetylenes is 1. The molecule has 0 radical (unpaired) electrons. The molecule has 68 valence electrons. The van der Waals surface area contributed by atoms with Crippen LogP contribution in [-0.4, -0.2) is 5.75 Å². The Bertz CT molecular complexity index is 475. The van der Waals surface area contributed by atoms with Crippen LogP contribution < -0.4 is 0 Å². The van der Waals surface area contributed by atoms with Crippen molar-refractivity contribution in [3.8, 4) is 12.3 Å². The van der Waals surface area contributed by atoms with E-state index < -0.39 is 0 Å². The van der Waals surface area contributed by atoms with Gasteiger partial charge in [0.25, 0.3) is 0 Å². The molecule has 1 heteroatoms. The minimum atomic E-state index is 0.730. The molecule has 0 fully saturated rings.